The summed E-state index contributed by atoms with van der Waals surface area (Å²) >= 11 is 0. The lowest BCUT2D eigenvalue weighted by Crippen LogP contribution is -2.43. The van der Waals surface area contributed by atoms with Gasteiger partial charge >= 0.3 is 0 Å². The van der Waals surface area contributed by atoms with E-state index in [2.05, 4.69) is 0 Å². The molecule has 0 heterocycles. The molecular weight excluding hydrogens is 286 g/mol. The molecule has 0 radical (unpaired) electrons. The first kappa shape index (κ1) is 16.3. The van der Waals surface area contributed by atoms with Crippen molar-refractivity contribution in [1.82, 2.24) is 4.31 Å². The summed E-state index contributed by atoms with van der Waals surface area (Å²) in [4.78, 5) is 0.362. The van der Waals surface area contributed by atoms with E-state index >= 15 is 0 Å². The molecular formula is C16H25NO3S. The van der Waals surface area contributed by atoms with Crippen molar-refractivity contribution in [3.63, 3.8) is 0 Å². The summed E-state index contributed by atoms with van der Waals surface area (Å²) in [5, 5.41) is 0. The third-order valence-electron chi connectivity index (χ3n) is 4.14. The monoisotopic (exact) mass is 311 g/mol. The van der Waals surface area contributed by atoms with E-state index in [1.165, 1.54) is 0 Å². The summed E-state index contributed by atoms with van der Waals surface area (Å²) in [6.45, 7) is 5.77. The minimum atomic E-state index is -3.45. The molecule has 0 saturated heterocycles. The highest BCUT2D eigenvalue weighted by Gasteiger charge is 2.35. The number of ether oxygens (including phenoxy) is 1. The first-order chi connectivity index (χ1) is 9.87. The van der Waals surface area contributed by atoms with Crippen molar-refractivity contribution in [3.8, 4) is 5.75 Å². The molecule has 118 valence electrons. The molecule has 4 nitrogen and oxygen atoms in total. The summed E-state index contributed by atoms with van der Waals surface area (Å²) in [6.07, 6.45) is 4.16. The first-order valence-corrected chi connectivity index (χ1v) is 9.00. The largest absolute Gasteiger partial charge is 0.496 e. The van der Waals surface area contributed by atoms with Gasteiger partial charge in [0.2, 0.25) is 10.0 Å². The van der Waals surface area contributed by atoms with Gasteiger partial charge in [0.05, 0.1) is 12.0 Å². The van der Waals surface area contributed by atoms with Gasteiger partial charge < -0.3 is 4.74 Å². The first-order valence-electron chi connectivity index (χ1n) is 7.56. The highest BCUT2D eigenvalue weighted by molar-refractivity contribution is 7.89. The van der Waals surface area contributed by atoms with Crippen molar-refractivity contribution in [2.24, 2.45) is 0 Å². The predicted octanol–water partition coefficient (Wildman–Crippen LogP) is 3.35. The van der Waals surface area contributed by atoms with Gasteiger partial charge in [-0.25, -0.2) is 8.42 Å². The van der Waals surface area contributed by atoms with Gasteiger partial charge in [-0.05, 0) is 57.4 Å². The van der Waals surface area contributed by atoms with Crippen LogP contribution in [0, 0.1) is 6.92 Å². The van der Waals surface area contributed by atoms with Gasteiger partial charge in [0.25, 0.3) is 0 Å². The number of benzene rings is 1. The fourth-order valence-electron chi connectivity index (χ4n) is 3.19. The zero-order valence-corrected chi connectivity index (χ0v) is 14.1. The van der Waals surface area contributed by atoms with Crippen LogP contribution in [0.5, 0.6) is 5.75 Å². The normalized spacial score (nSPS) is 16.9. The Hall–Kier alpha value is -1.07. The Bertz CT molecular complexity index is 590. The molecule has 0 bridgehead atoms. The van der Waals surface area contributed by atoms with E-state index in [1.54, 1.807) is 29.6 Å². The van der Waals surface area contributed by atoms with Gasteiger partial charge in [0.15, 0.2) is 0 Å². The van der Waals surface area contributed by atoms with Gasteiger partial charge in [-0.3, -0.25) is 0 Å². The maximum absolute atomic E-state index is 13.0. The standard InChI is InChI=1S/C16H25NO3S/c1-12(2)17(14-7-5-6-8-14)21(18,19)15-9-10-16(20-4)13(3)11-15/h9-12,14H,5-8H2,1-4H3. The number of sulfonamides is 1. The maximum Gasteiger partial charge on any atom is 0.243 e. The average Bonchev–Trinajstić information content (AvgIpc) is 2.91. The molecule has 0 unspecified atom stereocenters. The lowest BCUT2D eigenvalue weighted by Gasteiger charge is -2.31. The van der Waals surface area contributed by atoms with E-state index in [0.717, 1.165) is 31.2 Å². The molecule has 1 aromatic rings. The summed E-state index contributed by atoms with van der Waals surface area (Å²) < 4.78 is 32.9. The van der Waals surface area contributed by atoms with Crippen LogP contribution in [0.2, 0.25) is 0 Å². The average molecular weight is 311 g/mol. The summed E-state index contributed by atoms with van der Waals surface area (Å²) in [7, 11) is -1.86. The number of nitrogens with zero attached hydrogens (tertiary/aromatic N) is 1. The third kappa shape index (κ3) is 3.24. The van der Waals surface area contributed by atoms with Crippen molar-refractivity contribution in [2.45, 2.75) is 63.4 Å². The fraction of sp³-hybridized carbons (Fsp3) is 0.625. The van der Waals surface area contributed by atoms with Gasteiger partial charge in [-0.2, -0.15) is 4.31 Å². The fourth-order valence-corrected chi connectivity index (χ4v) is 5.15. The SMILES string of the molecule is COc1ccc(S(=O)(=O)N(C(C)C)C2CCCC2)cc1C. The van der Waals surface area contributed by atoms with Crippen molar-refractivity contribution in [1.29, 1.82) is 0 Å². The van der Waals surface area contributed by atoms with Crippen LogP contribution in [0.4, 0.5) is 0 Å². The van der Waals surface area contributed by atoms with Crippen LogP contribution in [0.15, 0.2) is 23.1 Å². The van der Waals surface area contributed by atoms with E-state index in [0.29, 0.717) is 10.6 Å². The molecule has 0 atom stereocenters. The second-order valence-electron chi connectivity index (χ2n) is 6.00. The molecule has 5 heteroatoms. The topological polar surface area (TPSA) is 46.6 Å². The Balaban J connectivity index is 2.40. The highest BCUT2D eigenvalue weighted by atomic mass is 32.2. The minimum Gasteiger partial charge on any atom is -0.496 e. The van der Waals surface area contributed by atoms with Gasteiger partial charge in [-0.1, -0.05) is 12.8 Å². The number of hydrogen-bond donors (Lipinski definition) is 0. The summed E-state index contributed by atoms with van der Waals surface area (Å²) in [6, 6.07) is 5.19. The molecule has 21 heavy (non-hydrogen) atoms. The van der Waals surface area contributed by atoms with Gasteiger partial charge in [0.1, 0.15) is 5.75 Å². The molecule has 2 rings (SSSR count). The quantitative estimate of drug-likeness (QED) is 0.838. The van der Waals surface area contributed by atoms with E-state index in [-0.39, 0.29) is 12.1 Å². The molecule has 1 aromatic carbocycles. The van der Waals surface area contributed by atoms with E-state index < -0.39 is 10.0 Å². The Morgan fingerprint density at radius 3 is 2.33 bits per heavy atom. The lowest BCUT2D eigenvalue weighted by atomic mass is 10.2. The molecule has 1 saturated carbocycles. The molecule has 0 amide bonds. The molecule has 0 aromatic heterocycles. The highest BCUT2D eigenvalue weighted by Crippen LogP contribution is 2.31. The van der Waals surface area contributed by atoms with Crippen LogP contribution >= 0.6 is 0 Å². The van der Waals surface area contributed by atoms with Crippen LogP contribution in [-0.2, 0) is 10.0 Å². The van der Waals surface area contributed by atoms with Crippen molar-refractivity contribution in [3.05, 3.63) is 23.8 Å². The van der Waals surface area contributed by atoms with Gasteiger partial charge in [0, 0.05) is 12.1 Å². The molecule has 1 fully saturated rings. The molecule has 0 N–H and O–H groups in total. The van der Waals surface area contributed by atoms with Crippen LogP contribution in [0.3, 0.4) is 0 Å². The van der Waals surface area contributed by atoms with E-state index in [1.807, 2.05) is 20.8 Å². The van der Waals surface area contributed by atoms with Crippen molar-refractivity contribution in [2.75, 3.05) is 7.11 Å². The summed E-state index contributed by atoms with van der Waals surface area (Å²) in [5.41, 5.74) is 0.841. The Kier molecular flexibility index (Phi) is 4.94. The Labute approximate surface area is 128 Å². The maximum atomic E-state index is 13.0. The molecule has 0 aliphatic heterocycles. The number of rotatable bonds is 5. The van der Waals surface area contributed by atoms with Crippen LogP contribution < -0.4 is 4.74 Å². The van der Waals surface area contributed by atoms with E-state index in [9.17, 15) is 8.42 Å². The van der Waals surface area contributed by atoms with Gasteiger partial charge in [-0.15, -0.1) is 0 Å². The Morgan fingerprint density at radius 2 is 1.86 bits per heavy atom. The molecule has 0 spiro atoms. The number of aryl methyl sites for hydroxylation is 1. The van der Waals surface area contributed by atoms with Crippen LogP contribution in [0.1, 0.15) is 45.1 Å². The van der Waals surface area contributed by atoms with Crippen molar-refractivity contribution < 1.29 is 13.2 Å². The van der Waals surface area contributed by atoms with Crippen LogP contribution in [0.25, 0.3) is 0 Å². The molecule has 1 aliphatic rings. The van der Waals surface area contributed by atoms with Crippen LogP contribution in [-0.4, -0.2) is 31.9 Å². The predicted molar refractivity (Wildman–Crippen MR) is 84.1 cm³/mol. The second-order valence-corrected chi connectivity index (χ2v) is 7.84. The molecule has 1 aliphatic carbocycles. The summed E-state index contributed by atoms with van der Waals surface area (Å²) in [5.74, 6) is 0.714. The zero-order valence-electron chi connectivity index (χ0n) is 13.3. The number of methoxy groups -OCH3 is 1. The van der Waals surface area contributed by atoms with Crippen molar-refractivity contribution >= 4 is 10.0 Å². The smallest absolute Gasteiger partial charge is 0.243 e. The third-order valence-corrected chi connectivity index (χ3v) is 6.26. The Morgan fingerprint density at radius 1 is 1.24 bits per heavy atom. The lowest BCUT2D eigenvalue weighted by molar-refractivity contribution is 0.275. The zero-order chi connectivity index (χ0) is 15.6. The minimum absolute atomic E-state index is 0.0273. The van der Waals surface area contributed by atoms with E-state index in [4.69, 9.17) is 4.74 Å². The second kappa shape index (κ2) is 6.36. The number of hydrogen-bond acceptors (Lipinski definition) is 3.